The van der Waals surface area contributed by atoms with Gasteiger partial charge in [0.25, 0.3) is 6.43 Å². The number of unbranched alkanes of at least 4 members (excludes halogenated alkanes) is 1. The fourth-order valence-electron chi connectivity index (χ4n) is 2.59. The van der Waals surface area contributed by atoms with E-state index in [1.807, 2.05) is 6.92 Å². The normalized spacial score (nSPS) is 13.2. The van der Waals surface area contributed by atoms with Crippen LogP contribution in [0.3, 0.4) is 0 Å². The van der Waals surface area contributed by atoms with Gasteiger partial charge in [-0.3, -0.25) is 0 Å². The first-order chi connectivity index (χ1) is 10.6. The van der Waals surface area contributed by atoms with Crippen molar-refractivity contribution in [2.75, 3.05) is 13.4 Å². The van der Waals surface area contributed by atoms with Crippen molar-refractivity contribution in [2.24, 2.45) is 0 Å². The first-order valence-electron chi connectivity index (χ1n) is 7.38. The Morgan fingerprint density at radius 2 is 1.91 bits per heavy atom. The van der Waals surface area contributed by atoms with E-state index in [0.717, 1.165) is 26.2 Å². The van der Waals surface area contributed by atoms with E-state index < -0.39 is 38.3 Å². The number of hydrogen-bond acceptors (Lipinski definition) is 4. The molecule has 0 N–H and O–H groups in total. The number of alkyl halides is 2. The van der Waals surface area contributed by atoms with Crippen molar-refractivity contribution < 1.29 is 26.7 Å². The number of carbonyl (C=O) groups is 1. The van der Waals surface area contributed by atoms with Crippen LogP contribution >= 0.6 is 0 Å². The third kappa shape index (κ3) is 4.50. The standard InChI is InChI=1S/C16H22F2O4S/c1-5-6-7-10(2)11-8-9-12(16(19)22-3)13(15(17)18)14(11)23(4,20)21/h8-10,15H,5-7H2,1-4H3. The highest BCUT2D eigenvalue weighted by molar-refractivity contribution is 7.90. The summed E-state index contributed by atoms with van der Waals surface area (Å²) in [5.74, 6) is -1.18. The predicted molar refractivity (Wildman–Crippen MR) is 83.8 cm³/mol. The van der Waals surface area contributed by atoms with Crippen molar-refractivity contribution in [1.29, 1.82) is 0 Å². The smallest absolute Gasteiger partial charge is 0.338 e. The Balaban J connectivity index is 3.68. The molecule has 0 heterocycles. The van der Waals surface area contributed by atoms with Gasteiger partial charge >= 0.3 is 5.97 Å². The molecule has 0 aliphatic carbocycles. The summed E-state index contributed by atoms with van der Waals surface area (Å²) in [5, 5.41) is 0. The number of benzene rings is 1. The molecule has 23 heavy (non-hydrogen) atoms. The predicted octanol–water partition coefficient (Wildman–Crippen LogP) is 4.11. The SMILES string of the molecule is CCCCC(C)c1ccc(C(=O)OC)c(C(F)F)c1S(C)(=O)=O. The van der Waals surface area contributed by atoms with E-state index >= 15 is 0 Å². The van der Waals surface area contributed by atoms with Crippen LogP contribution in [0.5, 0.6) is 0 Å². The average Bonchev–Trinajstić information content (AvgIpc) is 2.49. The van der Waals surface area contributed by atoms with Gasteiger partial charge in [-0.15, -0.1) is 0 Å². The molecule has 0 saturated carbocycles. The zero-order chi connectivity index (χ0) is 17.8. The minimum absolute atomic E-state index is 0.205. The molecule has 7 heteroatoms. The zero-order valence-electron chi connectivity index (χ0n) is 13.7. The van der Waals surface area contributed by atoms with Crippen LogP contribution in [0.15, 0.2) is 17.0 Å². The first kappa shape index (κ1) is 19.5. The lowest BCUT2D eigenvalue weighted by Crippen LogP contribution is -2.15. The van der Waals surface area contributed by atoms with Crippen molar-refractivity contribution in [2.45, 2.75) is 50.3 Å². The first-order valence-corrected chi connectivity index (χ1v) is 9.27. The maximum Gasteiger partial charge on any atom is 0.338 e. The Labute approximate surface area is 135 Å². The lowest BCUT2D eigenvalue weighted by Gasteiger charge is -2.20. The molecule has 0 aliphatic heterocycles. The number of halogens is 2. The van der Waals surface area contributed by atoms with Gasteiger partial charge in [0.2, 0.25) is 0 Å². The molecule has 0 amide bonds. The Morgan fingerprint density at radius 3 is 2.35 bits per heavy atom. The molecule has 130 valence electrons. The molecule has 0 saturated heterocycles. The second kappa shape index (κ2) is 7.86. The molecule has 0 radical (unpaired) electrons. The van der Waals surface area contributed by atoms with Gasteiger partial charge in [0.05, 0.1) is 23.1 Å². The number of methoxy groups -OCH3 is 1. The third-order valence-corrected chi connectivity index (χ3v) is 4.94. The summed E-state index contributed by atoms with van der Waals surface area (Å²) in [5.41, 5.74) is -0.849. The Hall–Kier alpha value is -1.50. The number of hydrogen-bond donors (Lipinski definition) is 0. The van der Waals surface area contributed by atoms with Gasteiger partial charge in [-0.25, -0.2) is 22.0 Å². The molecule has 1 rings (SSSR count). The molecule has 1 aromatic rings. The molecule has 0 spiro atoms. The lowest BCUT2D eigenvalue weighted by molar-refractivity contribution is 0.0588. The summed E-state index contributed by atoms with van der Waals surface area (Å²) in [6, 6.07) is 2.66. The van der Waals surface area contributed by atoms with Crippen molar-refractivity contribution >= 4 is 15.8 Å². The highest BCUT2D eigenvalue weighted by atomic mass is 32.2. The zero-order valence-corrected chi connectivity index (χ0v) is 14.5. The van der Waals surface area contributed by atoms with E-state index in [1.165, 1.54) is 12.1 Å². The molecule has 1 unspecified atom stereocenters. The van der Waals surface area contributed by atoms with Crippen molar-refractivity contribution in [1.82, 2.24) is 0 Å². The van der Waals surface area contributed by atoms with Crippen LogP contribution in [0.1, 0.15) is 66.9 Å². The van der Waals surface area contributed by atoms with Gasteiger partial charge < -0.3 is 4.74 Å². The Bertz CT molecular complexity index is 669. The van der Waals surface area contributed by atoms with Crippen molar-refractivity contribution in [3.63, 3.8) is 0 Å². The summed E-state index contributed by atoms with van der Waals surface area (Å²) >= 11 is 0. The maximum absolute atomic E-state index is 13.5. The van der Waals surface area contributed by atoms with E-state index in [4.69, 9.17) is 0 Å². The van der Waals surface area contributed by atoms with Crippen molar-refractivity contribution in [3.05, 3.63) is 28.8 Å². The molecular weight excluding hydrogens is 326 g/mol. The Morgan fingerprint density at radius 1 is 1.30 bits per heavy atom. The van der Waals surface area contributed by atoms with Gasteiger partial charge in [0.15, 0.2) is 9.84 Å². The fraction of sp³-hybridized carbons (Fsp3) is 0.562. The van der Waals surface area contributed by atoms with Crippen LogP contribution in [-0.2, 0) is 14.6 Å². The molecule has 0 bridgehead atoms. The fourth-order valence-corrected chi connectivity index (χ4v) is 3.88. The molecule has 0 fully saturated rings. The van der Waals surface area contributed by atoms with Gasteiger partial charge in [0.1, 0.15) is 0 Å². The van der Waals surface area contributed by atoms with Gasteiger partial charge in [-0.1, -0.05) is 32.8 Å². The molecule has 0 aliphatic rings. The molecule has 1 atom stereocenters. The van der Waals surface area contributed by atoms with E-state index in [2.05, 4.69) is 4.74 Å². The Kier molecular flexibility index (Phi) is 6.68. The quantitative estimate of drug-likeness (QED) is 0.696. The second-order valence-electron chi connectivity index (χ2n) is 5.55. The molecular formula is C16H22F2O4S. The number of carbonyl (C=O) groups excluding carboxylic acids is 1. The van der Waals surface area contributed by atoms with Crippen LogP contribution < -0.4 is 0 Å². The average molecular weight is 348 g/mol. The van der Waals surface area contributed by atoms with Crippen LogP contribution in [-0.4, -0.2) is 27.8 Å². The summed E-state index contributed by atoms with van der Waals surface area (Å²) in [4.78, 5) is 11.3. The van der Waals surface area contributed by atoms with E-state index in [0.29, 0.717) is 12.0 Å². The van der Waals surface area contributed by atoms with Gasteiger partial charge in [-0.2, -0.15) is 0 Å². The minimum atomic E-state index is -3.93. The lowest BCUT2D eigenvalue weighted by atomic mass is 9.92. The largest absolute Gasteiger partial charge is 0.465 e. The number of rotatable bonds is 7. The minimum Gasteiger partial charge on any atom is -0.465 e. The highest BCUT2D eigenvalue weighted by Crippen LogP contribution is 2.37. The summed E-state index contributed by atoms with van der Waals surface area (Å²) in [7, 11) is -2.87. The number of esters is 1. The van der Waals surface area contributed by atoms with Crippen molar-refractivity contribution in [3.8, 4) is 0 Å². The van der Waals surface area contributed by atoms with Gasteiger partial charge in [-0.05, 0) is 24.0 Å². The third-order valence-electron chi connectivity index (χ3n) is 3.74. The summed E-state index contributed by atoms with van der Waals surface area (Å²) in [6.07, 6.45) is 0.241. The second-order valence-corrected chi connectivity index (χ2v) is 7.51. The van der Waals surface area contributed by atoms with E-state index in [9.17, 15) is 22.0 Å². The topological polar surface area (TPSA) is 60.4 Å². The molecule has 1 aromatic carbocycles. The van der Waals surface area contributed by atoms with Crippen LogP contribution in [0, 0.1) is 0 Å². The molecule has 0 aromatic heterocycles. The van der Waals surface area contributed by atoms with Crippen LogP contribution in [0.25, 0.3) is 0 Å². The van der Waals surface area contributed by atoms with Crippen LogP contribution in [0.2, 0.25) is 0 Å². The summed E-state index contributed by atoms with van der Waals surface area (Å²) in [6.45, 7) is 3.79. The maximum atomic E-state index is 13.5. The number of ether oxygens (including phenoxy) is 1. The number of sulfone groups is 1. The van der Waals surface area contributed by atoms with E-state index in [-0.39, 0.29) is 5.92 Å². The van der Waals surface area contributed by atoms with E-state index in [1.54, 1.807) is 6.92 Å². The monoisotopic (exact) mass is 348 g/mol. The van der Waals surface area contributed by atoms with Gasteiger partial charge in [0, 0.05) is 6.26 Å². The van der Waals surface area contributed by atoms with Crippen LogP contribution in [0.4, 0.5) is 8.78 Å². The summed E-state index contributed by atoms with van der Waals surface area (Å²) < 4.78 is 55.8. The highest BCUT2D eigenvalue weighted by Gasteiger charge is 2.31. The molecule has 4 nitrogen and oxygen atoms in total.